The van der Waals surface area contributed by atoms with E-state index in [1.807, 2.05) is 0 Å². The number of alkyl halides is 3. The number of carbonyl (C=O) groups excluding carboxylic acids is 1. The largest absolute Gasteiger partial charge is 0.416 e. The summed E-state index contributed by atoms with van der Waals surface area (Å²) in [5.41, 5.74) is 0.126. The van der Waals surface area contributed by atoms with E-state index in [2.05, 4.69) is 0 Å². The molecule has 0 fully saturated rings. The maximum Gasteiger partial charge on any atom is 0.416 e. The van der Waals surface area contributed by atoms with E-state index < -0.39 is 17.6 Å². The molecular formula is C17H15F4NO. The fourth-order valence-electron chi connectivity index (χ4n) is 2.10. The Morgan fingerprint density at radius 3 is 2.22 bits per heavy atom. The van der Waals surface area contributed by atoms with Crippen molar-refractivity contribution in [2.75, 3.05) is 7.05 Å². The van der Waals surface area contributed by atoms with E-state index in [-0.39, 0.29) is 24.4 Å². The molecule has 23 heavy (non-hydrogen) atoms. The van der Waals surface area contributed by atoms with Crippen molar-refractivity contribution in [3.05, 3.63) is 71.0 Å². The zero-order chi connectivity index (χ0) is 17.0. The monoisotopic (exact) mass is 325 g/mol. The molecule has 122 valence electrons. The lowest BCUT2D eigenvalue weighted by atomic mass is 10.1. The maximum atomic E-state index is 13.5. The van der Waals surface area contributed by atoms with Gasteiger partial charge in [-0.2, -0.15) is 13.2 Å². The zero-order valence-corrected chi connectivity index (χ0v) is 12.4. The fraction of sp³-hybridized carbons (Fsp3) is 0.235. The SMILES string of the molecule is CN(Cc1ccc(C(F)(F)F)cc1)C(=O)Cc1ccccc1F. The van der Waals surface area contributed by atoms with Crippen LogP contribution in [0.2, 0.25) is 0 Å². The summed E-state index contributed by atoms with van der Waals surface area (Å²) in [6, 6.07) is 10.6. The van der Waals surface area contributed by atoms with E-state index in [1.54, 1.807) is 6.07 Å². The highest BCUT2D eigenvalue weighted by atomic mass is 19.4. The lowest BCUT2D eigenvalue weighted by molar-refractivity contribution is -0.137. The summed E-state index contributed by atoms with van der Waals surface area (Å²) in [4.78, 5) is 13.4. The molecule has 0 unspecified atom stereocenters. The Morgan fingerprint density at radius 1 is 1.04 bits per heavy atom. The van der Waals surface area contributed by atoms with Crippen molar-refractivity contribution < 1.29 is 22.4 Å². The maximum absolute atomic E-state index is 13.5. The highest BCUT2D eigenvalue weighted by Gasteiger charge is 2.29. The molecule has 0 aromatic heterocycles. The smallest absolute Gasteiger partial charge is 0.341 e. The van der Waals surface area contributed by atoms with Gasteiger partial charge in [0.2, 0.25) is 5.91 Å². The third-order valence-electron chi connectivity index (χ3n) is 3.43. The number of nitrogens with zero attached hydrogens (tertiary/aromatic N) is 1. The van der Waals surface area contributed by atoms with Crippen LogP contribution in [0.4, 0.5) is 17.6 Å². The van der Waals surface area contributed by atoms with Gasteiger partial charge in [-0.3, -0.25) is 4.79 Å². The minimum atomic E-state index is -4.38. The highest BCUT2D eigenvalue weighted by molar-refractivity contribution is 5.78. The van der Waals surface area contributed by atoms with Crippen LogP contribution in [-0.4, -0.2) is 17.9 Å². The van der Waals surface area contributed by atoms with Gasteiger partial charge in [-0.25, -0.2) is 4.39 Å². The average Bonchev–Trinajstić information content (AvgIpc) is 2.49. The number of carbonyl (C=O) groups is 1. The van der Waals surface area contributed by atoms with Crippen LogP contribution in [0.5, 0.6) is 0 Å². The third-order valence-corrected chi connectivity index (χ3v) is 3.43. The summed E-state index contributed by atoms with van der Waals surface area (Å²) >= 11 is 0. The van der Waals surface area contributed by atoms with Crippen molar-refractivity contribution in [1.29, 1.82) is 0 Å². The Hall–Kier alpha value is -2.37. The molecule has 0 aliphatic carbocycles. The van der Waals surface area contributed by atoms with Gasteiger partial charge in [-0.1, -0.05) is 30.3 Å². The number of rotatable bonds is 4. The predicted octanol–water partition coefficient (Wildman–Crippen LogP) is 4.05. The first kappa shape index (κ1) is 17.0. The first-order valence-electron chi connectivity index (χ1n) is 6.91. The Bertz CT molecular complexity index is 680. The minimum Gasteiger partial charge on any atom is -0.341 e. The molecule has 2 rings (SSSR count). The van der Waals surface area contributed by atoms with Gasteiger partial charge in [0.1, 0.15) is 5.82 Å². The van der Waals surface area contributed by atoms with Gasteiger partial charge in [-0.15, -0.1) is 0 Å². The lowest BCUT2D eigenvalue weighted by Gasteiger charge is -2.18. The van der Waals surface area contributed by atoms with Crippen LogP contribution in [0.15, 0.2) is 48.5 Å². The van der Waals surface area contributed by atoms with E-state index in [0.717, 1.165) is 12.1 Å². The van der Waals surface area contributed by atoms with Crippen LogP contribution in [0.25, 0.3) is 0 Å². The molecular weight excluding hydrogens is 310 g/mol. The molecule has 0 radical (unpaired) electrons. The molecule has 0 bridgehead atoms. The van der Waals surface area contributed by atoms with Crippen molar-refractivity contribution in [2.45, 2.75) is 19.1 Å². The predicted molar refractivity (Wildman–Crippen MR) is 78.0 cm³/mol. The van der Waals surface area contributed by atoms with E-state index in [1.165, 1.54) is 42.3 Å². The molecule has 0 aliphatic rings. The molecule has 6 heteroatoms. The summed E-state index contributed by atoms with van der Waals surface area (Å²) < 4.78 is 51.0. The van der Waals surface area contributed by atoms with Crippen LogP contribution < -0.4 is 0 Å². The normalized spacial score (nSPS) is 11.3. The first-order chi connectivity index (χ1) is 10.8. The minimum absolute atomic E-state index is 0.0934. The van der Waals surface area contributed by atoms with Gasteiger partial charge in [0, 0.05) is 13.6 Å². The Morgan fingerprint density at radius 2 is 1.65 bits per heavy atom. The van der Waals surface area contributed by atoms with Crippen LogP contribution in [0.1, 0.15) is 16.7 Å². The summed E-state index contributed by atoms with van der Waals surface area (Å²) in [6.07, 6.45) is -4.48. The average molecular weight is 325 g/mol. The second-order valence-electron chi connectivity index (χ2n) is 5.21. The van der Waals surface area contributed by atoms with E-state index in [9.17, 15) is 22.4 Å². The van der Waals surface area contributed by atoms with Crippen molar-refractivity contribution in [1.82, 2.24) is 4.90 Å². The lowest BCUT2D eigenvalue weighted by Crippen LogP contribution is -2.28. The van der Waals surface area contributed by atoms with Gasteiger partial charge < -0.3 is 4.90 Å². The molecule has 1 amide bonds. The van der Waals surface area contributed by atoms with Gasteiger partial charge in [0.05, 0.1) is 12.0 Å². The van der Waals surface area contributed by atoms with Crippen molar-refractivity contribution >= 4 is 5.91 Å². The molecule has 0 saturated carbocycles. The van der Waals surface area contributed by atoms with Gasteiger partial charge in [0.15, 0.2) is 0 Å². The van der Waals surface area contributed by atoms with Gasteiger partial charge in [-0.05, 0) is 29.3 Å². The van der Waals surface area contributed by atoms with Crippen molar-refractivity contribution in [2.24, 2.45) is 0 Å². The Kier molecular flexibility index (Phi) is 5.03. The van der Waals surface area contributed by atoms with Gasteiger partial charge in [0.25, 0.3) is 0 Å². The number of likely N-dealkylation sites (N-methyl/N-ethyl adjacent to an activating group) is 1. The highest BCUT2D eigenvalue weighted by Crippen LogP contribution is 2.29. The number of hydrogen-bond donors (Lipinski definition) is 0. The number of halogens is 4. The number of benzene rings is 2. The first-order valence-corrected chi connectivity index (χ1v) is 6.91. The molecule has 0 atom stereocenters. The summed E-state index contributed by atoms with van der Waals surface area (Å²) in [5, 5.41) is 0. The molecule has 0 N–H and O–H groups in total. The van der Waals surface area contributed by atoms with E-state index in [0.29, 0.717) is 5.56 Å². The van der Waals surface area contributed by atoms with Crippen molar-refractivity contribution in [3.63, 3.8) is 0 Å². The van der Waals surface area contributed by atoms with Crippen molar-refractivity contribution in [3.8, 4) is 0 Å². The fourth-order valence-corrected chi connectivity index (χ4v) is 2.10. The van der Waals surface area contributed by atoms with E-state index >= 15 is 0 Å². The van der Waals surface area contributed by atoms with Crippen LogP contribution >= 0.6 is 0 Å². The summed E-state index contributed by atoms with van der Waals surface area (Å²) in [7, 11) is 1.53. The summed E-state index contributed by atoms with van der Waals surface area (Å²) in [5.74, 6) is -0.765. The Balaban J connectivity index is 2.00. The third kappa shape index (κ3) is 4.55. The molecule has 0 aliphatic heterocycles. The topological polar surface area (TPSA) is 20.3 Å². The molecule has 2 nitrogen and oxygen atoms in total. The number of hydrogen-bond acceptors (Lipinski definition) is 1. The molecule has 2 aromatic rings. The number of amides is 1. The standard InChI is InChI=1S/C17H15F4NO/c1-22(16(23)10-13-4-2-3-5-15(13)18)11-12-6-8-14(9-7-12)17(19,20)21/h2-9H,10-11H2,1H3. The van der Waals surface area contributed by atoms with Crippen LogP contribution in [0, 0.1) is 5.82 Å². The van der Waals surface area contributed by atoms with Crippen LogP contribution in [0.3, 0.4) is 0 Å². The summed E-state index contributed by atoms with van der Waals surface area (Å²) in [6.45, 7) is 0.158. The quantitative estimate of drug-likeness (QED) is 0.777. The van der Waals surface area contributed by atoms with Gasteiger partial charge >= 0.3 is 6.18 Å². The zero-order valence-electron chi connectivity index (χ0n) is 12.4. The Labute approximate surface area is 131 Å². The molecule has 0 heterocycles. The second kappa shape index (κ2) is 6.81. The van der Waals surface area contributed by atoms with Crippen LogP contribution in [-0.2, 0) is 23.9 Å². The molecule has 0 saturated heterocycles. The molecule has 0 spiro atoms. The second-order valence-corrected chi connectivity index (χ2v) is 5.21. The molecule has 2 aromatic carbocycles. The van der Waals surface area contributed by atoms with E-state index in [4.69, 9.17) is 0 Å².